The van der Waals surface area contributed by atoms with Crippen molar-refractivity contribution in [3.63, 3.8) is 0 Å². The lowest BCUT2D eigenvalue weighted by Gasteiger charge is -2.20. The number of rotatable bonds is 68. The van der Waals surface area contributed by atoms with Crippen molar-refractivity contribution in [3.05, 3.63) is 70.8 Å². The van der Waals surface area contributed by atoms with E-state index >= 15 is 0 Å². The minimum atomic E-state index is -0.935. The molecule has 0 heterocycles. The van der Waals surface area contributed by atoms with Crippen LogP contribution in [0.5, 0.6) is 46.0 Å². The second-order valence-electron chi connectivity index (χ2n) is 20.7. The summed E-state index contributed by atoms with van der Waals surface area (Å²) in [6, 6.07) is 12.7. The van der Waals surface area contributed by atoms with E-state index in [1.54, 1.807) is 90.0 Å². The first-order chi connectivity index (χ1) is 49.2. The van der Waals surface area contributed by atoms with Crippen LogP contribution in [0.25, 0.3) is 10.8 Å². The van der Waals surface area contributed by atoms with Crippen molar-refractivity contribution in [1.82, 2.24) is 11.0 Å². The third-order valence-corrected chi connectivity index (χ3v) is 13.4. The Balaban J connectivity index is 1.72. The van der Waals surface area contributed by atoms with Crippen molar-refractivity contribution in [3.8, 4) is 46.0 Å². The number of ether oxygens (including phenoxy) is 26. The van der Waals surface area contributed by atoms with E-state index in [0.717, 1.165) is 0 Å². The topological polar surface area (TPSA) is 339 Å². The van der Waals surface area contributed by atoms with E-state index in [0.29, 0.717) is 180 Å². The average Bonchev–Trinajstić information content (AvgIpc) is 0.783. The van der Waals surface area contributed by atoms with E-state index in [4.69, 9.17) is 123 Å². The Hall–Kier alpha value is -6.32. The Morgan fingerprint density at radius 1 is 0.250 bits per heavy atom. The number of carbonyl (C=O) groups excluding carboxylic acids is 2. The second kappa shape index (κ2) is 58.2. The second-order valence-corrected chi connectivity index (χ2v) is 20.7. The van der Waals surface area contributed by atoms with Crippen molar-refractivity contribution >= 4 is 22.6 Å². The quantitative estimate of drug-likeness (QED) is 0.0267. The number of nitrogens with one attached hydrogen (secondary N) is 2. The molecule has 0 saturated heterocycles. The molecular formula is C68H106N2O30. The molecule has 0 aliphatic carbocycles. The maximum Gasteiger partial charge on any atom is 0.278 e. The molecule has 0 radical (unpaired) electrons. The van der Waals surface area contributed by atoms with E-state index in [1.165, 1.54) is 12.1 Å². The number of fused-ring (bicyclic) bond motifs is 1. The Kier molecular flexibility index (Phi) is 50.1. The summed E-state index contributed by atoms with van der Waals surface area (Å²) >= 11 is 0. The molecule has 568 valence electrons. The largest absolute Gasteiger partial charge is 0.488 e. The van der Waals surface area contributed by atoms with Gasteiger partial charge in [0.15, 0.2) is 23.0 Å². The molecular weight excluding hydrogens is 1320 g/mol. The van der Waals surface area contributed by atoms with E-state index in [2.05, 4.69) is 0 Å². The van der Waals surface area contributed by atoms with Crippen molar-refractivity contribution in [2.75, 3.05) is 281 Å². The summed E-state index contributed by atoms with van der Waals surface area (Å²) in [5.41, 5.74) is 4.13. The molecule has 0 unspecified atom stereocenters. The highest BCUT2D eigenvalue weighted by atomic mass is 16.6. The minimum absolute atomic E-state index is 0.00499. The molecule has 4 aromatic carbocycles. The molecule has 32 nitrogen and oxygen atoms in total. The number of hydroxylamine groups is 2. The van der Waals surface area contributed by atoms with Gasteiger partial charge in [-0.05, 0) is 70.4 Å². The number of benzene rings is 4. The third-order valence-electron chi connectivity index (χ3n) is 13.4. The Morgan fingerprint density at radius 2 is 0.450 bits per heavy atom. The zero-order valence-corrected chi connectivity index (χ0v) is 58.8. The third kappa shape index (κ3) is 37.6. The van der Waals surface area contributed by atoms with Gasteiger partial charge in [-0.1, -0.05) is 0 Å². The van der Waals surface area contributed by atoms with Crippen LogP contribution in [-0.2, 0) is 98.5 Å². The molecule has 4 rings (SSSR count). The summed E-state index contributed by atoms with van der Waals surface area (Å²) in [6.45, 7) is 10.5. The van der Waals surface area contributed by atoms with E-state index < -0.39 is 11.8 Å². The fraction of sp³-hybridized carbons (Fsp3) is 0.647. The molecule has 32 heteroatoms. The lowest BCUT2D eigenvalue weighted by Crippen LogP contribution is -2.20. The first-order valence-corrected chi connectivity index (χ1v) is 33.0. The summed E-state index contributed by atoms with van der Waals surface area (Å²) in [5.74, 6) is -0.273. The number of amides is 2. The highest BCUT2D eigenvalue weighted by Crippen LogP contribution is 2.42. The molecule has 100 heavy (non-hydrogen) atoms. The maximum absolute atomic E-state index is 13.5. The molecule has 0 aliphatic rings. The smallest absolute Gasteiger partial charge is 0.278 e. The molecule has 0 saturated carbocycles. The van der Waals surface area contributed by atoms with Crippen LogP contribution in [0.4, 0.5) is 0 Å². The van der Waals surface area contributed by atoms with E-state index in [1.807, 2.05) is 0 Å². The van der Waals surface area contributed by atoms with Gasteiger partial charge in [-0.3, -0.25) is 20.0 Å². The zero-order chi connectivity index (χ0) is 71.6. The first-order valence-electron chi connectivity index (χ1n) is 33.0. The molecule has 0 bridgehead atoms. The van der Waals surface area contributed by atoms with Crippen LogP contribution in [0.15, 0.2) is 48.5 Å². The number of hydrogen-bond donors (Lipinski definition) is 4. The van der Waals surface area contributed by atoms with Crippen LogP contribution in [0.2, 0.25) is 0 Å². The van der Waals surface area contributed by atoms with Gasteiger partial charge in [0.25, 0.3) is 11.8 Å². The number of carbonyl (C=O) groups is 2. The Bertz CT molecular complexity index is 2470. The Morgan fingerprint density at radius 3 is 0.670 bits per heavy atom. The molecule has 0 aliphatic heterocycles. The molecule has 0 spiro atoms. The van der Waals surface area contributed by atoms with Gasteiger partial charge in [0.1, 0.15) is 64.4 Å². The summed E-state index contributed by atoms with van der Waals surface area (Å²) in [4.78, 5) is 27.1. The molecule has 2 amide bonds. The highest BCUT2D eigenvalue weighted by molar-refractivity contribution is 6.05. The van der Waals surface area contributed by atoms with Crippen LogP contribution in [-0.4, -0.2) is 303 Å². The van der Waals surface area contributed by atoms with Crippen molar-refractivity contribution in [2.45, 2.75) is 13.2 Å². The summed E-state index contributed by atoms with van der Waals surface area (Å²) in [6.07, 6.45) is 0. The summed E-state index contributed by atoms with van der Waals surface area (Å²) in [5, 5.41) is 20.8. The monoisotopic (exact) mass is 1430 g/mol. The van der Waals surface area contributed by atoms with Crippen LogP contribution >= 0.6 is 0 Å². The zero-order valence-electron chi connectivity index (χ0n) is 58.8. The Labute approximate surface area is 585 Å². The van der Waals surface area contributed by atoms with Crippen LogP contribution in [0, 0.1) is 0 Å². The van der Waals surface area contributed by atoms with Gasteiger partial charge in [-0.25, -0.2) is 11.0 Å². The van der Waals surface area contributed by atoms with Gasteiger partial charge in [-0.2, -0.15) is 0 Å². The normalized spacial score (nSPS) is 11.3. The lowest BCUT2D eigenvalue weighted by molar-refractivity contribution is 0.0146. The summed E-state index contributed by atoms with van der Waals surface area (Å²) in [7, 11) is 9.57. The molecule has 4 aromatic rings. The maximum atomic E-state index is 13.5. The minimum Gasteiger partial charge on any atom is -0.488 e. The first kappa shape index (κ1) is 86.1. The van der Waals surface area contributed by atoms with Crippen molar-refractivity contribution < 1.29 is 143 Å². The van der Waals surface area contributed by atoms with Gasteiger partial charge in [0.05, 0.1) is 209 Å². The van der Waals surface area contributed by atoms with Gasteiger partial charge in [0.2, 0.25) is 11.5 Å². The molecule has 4 N–H and O–H groups in total. The van der Waals surface area contributed by atoms with Crippen LogP contribution < -0.4 is 48.9 Å². The number of hydrogen-bond acceptors (Lipinski definition) is 30. The average molecular weight is 1430 g/mol. The highest BCUT2D eigenvalue weighted by Gasteiger charge is 2.23. The fourth-order valence-electron chi connectivity index (χ4n) is 8.52. The van der Waals surface area contributed by atoms with E-state index in [-0.39, 0.29) is 150 Å². The SMILES string of the molecule is COCCOCCOCCOc1cc(COc2cc3cc(OCc4cc(OCCOCCOCCOC)c(OCCOCCOCCOC)c(OCCOCCOCCOC)c4)c(C(=O)NO)cc3cc2C(=O)NO)cc(OCCOCCOCCOC)c1OCCOCCOCCOC. The van der Waals surface area contributed by atoms with Crippen molar-refractivity contribution in [1.29, 1.82) is 0 Å². The van der Waals surface area contributed by atoms with Gasteiger partial charge in [-0.15, -0.1) is 0 Å². The van der Waals surface area contributed by atoms with E-state index in [9.17, 15) is 20.0 Å². The van der Waals surface area contributed by atoms with Crippen molar-refractivity contribution in [2.24, 2.45) is 0 Å². The predicted molar refractivity (Wildman–Crippen MR) is 358 cm³/mol. The van der Waals surface area contributed by atoms with Crippen LogP contribution in [0.1, 0.15) is 31.8 Å². The standard InChI is InChI=1S/C68H106N2O30/c1-75-7-13-81-19-25-87-31-37-93-61-43-53(44-62(94-38-32-88-26-20-82-14-8-76-2)65(61)97-41-35-91-29-23-85-17-11-79-5)51-99-59-49-56-50-60(58(68(72)70-74)48-55(56)47-57(59)67(71)69-73)100-52-54-45-63(95-39-33-89-27-21-83-15-9-77-3)66(98-42-36-92-30-24-86-18-12-80-6)64(46-54)96-40-34-90-28-22-84-16-10-78-4/h43-50,73-74H,7-42,51-52H2,1-6H3,(H,69,71)(H,70,72). The van der Waals surface area contributed by atoms with Gasteiger partial charge < -0.3 is 123 Å². The summed E-state index contributed by atoms with van der Waals surface area (Å²) < 4.78 is 149. The number of methoxy groups -OCH3 is 6. The van der Waals surface area contributed by atoms with Gasteiger partial charge in [0, 0.05) is 42.7 Å². The predicted octanol–water partition coefficient (Wildman–Crippen LogP) is 4.59. The van der Waals surface area contributed by atoms with Gasteiger partial charge >= 0.3 is 0 Å². The molecule has 0 aromatic heterocycles. The lowest BCUT2D eigenvalue weighted by atomic mass is 10.0. The molecule has 0 atom stereocenters. The fourth-order valence-corrected chi connectivity index (χ4v) is 8.52. The molecule has 0 fully saturated rings. The van der Waals surface area contributed by atoms with Crippen LogP contribution in [0.3, 0.4) is 0 Å².